The van der Waals surface area contributed by atoms with Gasteiger partial charge < -0.3 is 4.90 Å². The zero-order valence-electron chi connectivity index (χ0n) is 16.7. The van der Waals surface area contributed by atoms with E-state index in [1.54, 1.807) is 19.3 Å². The third-order valence-corrected chi connectivity index (χ3v) is 5.63. The monoisotopic (exact) mass is 384 g/mol. The first-order valence-electron chi connectivity index (χ1n) is 10.1. The lowest BCUT2D eigenvalue weighted by molar-refractivity contribution is -0.132. The van der Waals surface area contributed by atoms with Crippen molar-refractivity contribution in [1.82, 2.24) is 19.8 Å². The van der Waals surface area contributed by atoms with E-state index in [0.29, 0.717) is 6.54 Å². The Bertz CT molecular complexity index is 753. The minimum Gasteiger partial charge on any atom is -0.335 e. The molecular weight excluding hydrogens is 355 g/mol. The zero-order valence-corrected chi connectivity index (χ0v) is 16.7. The van der Waals surface area contributed by atoms with Crippen LogP contribution in [0.1, 0.15) is 56.7 Å². The molecule has 1 saturated heterocycles. The second-order valence-electron chi connectivity index (χ2n) is 7.49. The van der Waals surface area contributed by atoms with Crippen LogP contribution in [0.2, 0.25) is 0 Å². The van der Waals surface area contributed by atoms with Gasteiger partial charge in [-0.3, -0.25) is 9.69 Å². The molecule has 0 spiro atoms. The smallest absolute Gasteiger partial charge is 0.219 e. The topological polar surface area (TPSA) is 49.3 Å². The summed E-state index contributed by atoms with van der Waals surface area (Å²) in [5.74, 6) is -0.107. The predicted molar refractivity (Wildman–Crippen MR) is 107 cm³/mol. The van der Waals surface area contributed by atoms with Gasteiger partial charge in [0.2, 0.25) is 5.91 Å². The van der Waals surface area contributed by atoms with Gasteiger partial charge >= 0.3 is 0 Å². The summed E-state index contributed by atoms with van der Waals surface area (Å²) in [5, 5.41) is 0. The molecule has 6 heteroatoms. The fourth-order valence-corrected chi connectivity index (χ4v) is 4.22. The molecule has 5 nitrogen and oxygen atoms in total. The normalized spacial score (nSPS) is 19.0. The van der Waals surface area contributed by atoms with Crippen molar-refractivity contribution >= 4 is 5.91 Å². The van der Waals surface area contributed by atoms with Crippen molar-refractivity contribution in [1.29, 1.82) is 0 Å². The third kappa shape index (κ3) is 5.13. The summed E-state index contributed by atoms with van der Waals surface area (Å²) in [5.41, 5.74) is 2.11. The summed E-state index contributed by atoms with van der Waals surface area (Å²) < 4.78 is 13.3. The zero-order chi connectivity index (χ0) is 19.9. The lowest BCUT2D eigenvalue weighted by Gasteiger charge is -2.32. The van der Waals surface area contributed by atoms with Crippen LogP contribution in [0.15, 0.2) is 43.0 Å². The molecule has 0 saturated carbocycles. The second kappa shape index (κ2) is 9.73. The number of hydrogen-bond acceptors (Lipinski definition) is 4. The number of rotatable bonds is 6. The highest BCUT2D eigenvalue weighted by atomic mass is 19.1. The average molecular weight is 384 g/mol. The molecule has 0 radical (unpaired) electrons. The summed E-state index contributed by atoms with van der Waals surface area (Å²) >= 11 is 0. The Morgan fingerprint density at radius 1 is 1.21 bits per heavy atom. The molecule has 1 fully saturated rings. The number of hydrogen-bond donors (Lipinski definition) is 0. The van der Waals surface area contributed by atoms with Gasteiger partial charge in [-0.05, 0) is 49.9 Å². The van der Waals surface area contributed by atoms with E-state index in [4.69, 9.17) is 0 Å². The Labute approximate surface area is 166 Å². The Morgan fingerprint density at radius 2 is 1.93 bits per heavy atom. The molecule has 1 amide bonds. The van der Waals surface area contributed by atoms with Gasteiger partial charge in [0.1, 0.15) is 12.1 Å². The van der Waals surface area contributed by atoms with Crippen LogP contribution < -0.4 is 0 Å². The second-order valence-corrected chi connectivity index (χ2v) is 7.49. The molecule has 0 bridgehead atoms. The fraction of sp³-hybridized carbons (Fsp3) is 0.500. The van der Waals surface area contributed by atoms with Crippen molar-refractivity contribution in [3.05, 3.63) is 59.9 Å². The molecular formula is C22H29FN4O. The molecule has 1 aromatic carbocycles. The van der Waals surface area contributed by atoms with Crippen LogP contribution in [-0.2, 0) is 11.3 Å². The van der Waals surface area contributed by atoms with E-state index in [9.17, 15) is 9.18 Å². The summed E-state index contributed by atoms with van der Waals surface area (Å²) in [6.07, 6.45) is 8.99. The number of halogens is 1. The molecule has 1 aliphatic rings. The molecule has 2 aromatic rings. The summed E-state index contributed by atoms with van der Waals surface area (Å²) in [7, 11) is 0. The van der Waals surface area contributed by atoms with Gasteiger partial charge in [0, 0.05) is 50.1 Å². The van der Waals surface area contributed by atoms with Crippen molar-refractivity contribution < 1.29 is 9.18 Å². The molecule has 2 atom stereocenters. The van der Waals surface area contributed by atoms with E-state index < -0.39 is 0 Å². The van der Waals surface area contributed by atoms with Crippen LogP contribution in [-0.4, -0.2) is 44.8 Å². The maximum absolute atomic E-state index is 13.3. The summed E-state index contributed by atoms with van der Waals surface area (Å²) in [6.45, 7) is 6.28. The molecule has 1 aliphatic heterocycles. The van der Waals surface area contributed by atoms with Crippen molar-refractivity contribution in [3.63, 3.8) is 0 Å². The highest BCUT2D eigenvalue weighted by molar-refractivity contribution is 5.73. The van der Waals surface area contributed by atoms with Gasteiger partial charge in [0.15, 0.2) is 0 Å². The van der Waals surface area contributed by atoms with Crippen LogP contribution in [0.5, 0.6) is 0 Å². The SMILES string of the molecule is CCC(c1ccc(F)cc1)N1CCCC(N(Cc2cncnc2)C(C)=O)CC1. The maximum Gasteiger partial charge on any atom is 0.219 e. The van der Waals surface area contributed by atoms with E-state index in [1.165, 1.54) is 18.5 Å². The number of amides is 1. The lowest BCUT2D eigenvalue weighted by atomic mass is 10.0. The Hall–Kier alpha value is -2.34. The van der Waals surface area contributed by atoms with Crippen LogP contribution in [0.3, 0.4) is 0 Å². The van der Waals surface area contributed by atoms with E-state index in [0.717, 1.165) is 49.9 Å². The molecule has 150 valence electrons. The molecule has 0 N–H and O–H groups in total. The highest BCUT2D eigenvalue weighted by Crippen LogP contribution is 2.28. The Kier molecular flexibility index (Phi) is 7.09. The van der Waals surface area contributed by atoms with Gasteiger partial charge in [-0.25, -0.2) is 14.4 Å². The van der Waals surface area contributed by atoms with Gasteiger partial charge in [0.25, 0.3) is 0 Å². The highest BCUT2D eigenvalue weighted by Gasteiger charge is 2.27. The quantitative estimate of drug-likeness (QED) is 0.756. The first-order chi connectivity index (χ1) is 13.6. The van der Waals surface area contributed by atoms with Crippen LogP contribution in [0, 0.1) is 5.82 Å². The number of nitrogens with zero attached hydrogens (tertiary/aromatic N) is 4. The molecule has 3 rings (SSSR count). The van der Waals surface area contributed by atoms with Crippen molar-refractivity contribution in [3.8, 4) is 0 Å². The van der Waals surface area contributed by atoms with E-state index in [-0.39, 0.29) is 23.8 Å². The first kappa shape index (κ1) is 20.4. The maximum atomic E-state index is 13.3. The van der Waals surface area contributed by atoms with Crippen molar-refractivity contribution in [2.45, 2.75) is 58.2 Å². The molecule has 2 heterocycles. The average Bonchev–Trinajstić information content (AvgIpc) is 2.95. The number of benzene rings is 1. The van der Waals surface area contributed by atoms with Gasteiger partial charge in [0.05, 0.1) is 0 Å². The molecule has 0 aliphatic carbocycles. The molecule has 1 aromatic heterocycles. The summed E-state index contributed by atoms with van der Waals surface area (Å²) in [4.78, 5) is 24.9. The first-order valence-corrected chi connectivity index (χ1v) is 10.1. The minimum absolute atomic E-state index is 0.0906. The van der Waals surface area contributed by atoms with E-state index in [2.05, 4.69) is 21.8 Å². The van der Waals surface area contributed by atoms with Crippen LogP contribution in [0.25, 0.3) is 0 Å². The van der Waals surface area contributed by atoms with Crippen molar-refractivity contribution in [2.24, 2.45) is 0 Å². The molecule has 2 unspecified atom stereocenters. The standard InChI is InChI=1S/C22H29FN4O/c1-3-22(19-6-8-20(23)9-7-19)26-11-4-5-21(10-12-26)27(17(2)28)15-18-13-24-16-25-14-18/h6-9,13-14,16,21-22H,3-5,10-12,15H2,1-2H3. The Morgan fingerprint density at radius 3 is 2.57 bits per heavy atom. The predicted octanol–water partition coefficient (Wildman–Crippen LogP) is 3.97. The number of likely N-dealkylation sites (tertiary alicyclic amines) is 1. The van der Waals surface area contributed by atoms with Crippen molar-refractivity contribution in [2.75, 3.05) is 13.1 Å². The largest absolute Gasteiger partial charge is 0.335 e. The Balaban J connectivity index is 1.68. The lowest BCUT2D eigenvalue weighted by Crippen LogP contribution is -2.39. The van der Waals surface area contributed by atoms with Gasteiger partial charge in [-0.2, -0.15) is 0 Å². The van der Waals surface area contributed by atoms with E-state index in [1.807, 2.05) is 17.0 Å². The van der Waals surface area contributed by atoms with Gasteiger partial charge in [-0.15, -0.1) is 0 Å². The fourth-order valence-electron chi connectivity index (χ4n) is 4.22. The van der Waals surface area contributed by atoms with Crippen LogP contribution >= 0.6 is 0 Å². The van der Waals surface area contributed by atoms with Gasteiger partial charge in [-0.1, -0.05) is 19.1 Å². The van der Waals surface area contributed by atoms with E-state index >= 15 is 0 Å². The summed E-state index contributed by atoms with van der Waals surface area (Å²) in [6, 6.07) is 7.36. The molecule has 28 heavy (non-hydrogen) atoms. The van der Waals surface area contributed by atoms with Crippen LogP contribution in [0.4, 0.5) is 4.39 Å². The minimum atomic E-state index is -0.198. The number of carbonyl (C=O) groups excluding carboxylic acids is 1. The third-order valence-electron chi connectivity index (χ3n) is 5.63. The number of carbonyl (C=O) groups is 1. The number of aromatic nitrogens is 2.